The Morgan fingerprint density at radius 2 is 1.41 bits per heavy atom. The highest BCUT2D eigenvalue weighted by atomic mass is 32.2. The summed E-state index contributed by atoms with van der Waals surface area (Å²) in [5.74, 6) is -0.630. The first-order chi connectivity index (χ1) is 17.7. The molecule has 0 N–H and O–H groups in total. The fourth-order valence-corrected chi connectivity index (χ4v) is 7.14. The molecular weight excluding hydrogens is 513 g/mol. The number of esters is 1. The Morgan fingerprint density at radius 1 is 0.865 bits per heavy atom. The van der Waals surface area contributed by atoms with Gasteiger partial charge in [-0.1, -0.05) is 66.2 Å². The van der Waals surface area contributed by atoms with Crippen molar-refractivity contribution in [2.45, 2.75) is 17.9 Å². The molecule has 10 heteroatoms. The highest BCUT2D eigenvalue weighted by Crippen LogP contribution is 2.61. The van der Waals surface area contributed by atoms with E-state index in [9.17, 15) is 17.8 Å². The molecule has 37 heavy (non-hydrogen) atoms. The van der Waals surface area contributed by atoms with Gasteiger partial charge >= 0.3 is 13.6 Å². The minimum atomic E-state index is -3.96. The van der Waals surface area contributed by atoms with Crippen molar-refractivity contribution in [2.24, 2.45) is 0 Å². The second-order valence-electron chi connectivity index (χ2n) is 8.47. The first kappa shape index (κ1) is 27.0. The molecule has 0 saturated carbocycles. The van der Waals surface area contributed by atoms with E-state index in [0.29, 0.717) is 16.7 Å². The van der Waals surface area contributed by atoms with E-state index in [-0.39, 0.29) is 23.3 Å². The molecular formula is C27H28NO7PS. The van der Waals surface area contributed by atoms with E-state index < -0.39 is 29.7 Å². The van der Waals surface area contributed by atoms with Gasteiger partial charge in [-0.3, -0.25) is 4.57 Å². The first-order valence-corrected chi connectivity index (χ1v) is 14.5. The molecule has 8 nitrogen and oxygen atoms in total. The van der Waals surface area contributed by atoms with Gasteiger partial charge in [0.2, 0.25) is 10.0 Å². The Labute approximate surface area is 217 Å². The third kappa shape index (κ3) is 5.61. The Balaban J connectivity index is 1.85. The molecule has 0 aliphatic carbocycles. The topological polar surface area (TPSA) is 99.2 Å². The summed E-state index contributed by atoms with van der Waals surface area (Å²) >= 11 is 0. The summed E-state index contributed by atoms with van der Waals surface area (Å²) in [5.41, 5.74) is 2.07. The molecule has 0 bridgehead atoms. The third-order valence-electron chi connectivity index (χ3n) is 6.13. The van der Waals surface area contributed by atoms with Crippen LogP contribution in [0.4, 0.5) is 0 Å². The summed E-state index contributed by atoms with van der Waals surface area (Å²) in [7, 11) is -5.35. The van der Waals surface area contributed by atoms with Crippen molar-refractivity contribution in [1.29, 1.82) is 0 Å². The van der Waals surface area contributed by atoms with E-state index in [1.807, 2.05) is 6.92 Å². The van der Waals surface area contributed by atoms with Crippen LogP contribution in [0.2, 0.25) is 0 Å². The maximum Gasteiger partial charge on any atom is 0.361 e. The van der Waals surface area contributed by atoms with Crippen LogP contribution >= 0.6 is 7.60 Å². The number of hydrogen-bond acceptors (Lipinski definition) is 7. The molecule has 1 aliphatic heterocycles. The van der Waals surface area contributed by atoms with Crippen LogP contribution in [0.5, 0.6) is 0 Å². The molecule has 0 spiro atoms. The molecule has 4 rings (SSSR count). The zero-order chi connectivity index (χ0) is 26.6. The van der Waals surface area contributed by atoms with E-state index in [0.717, 1.165) is 5.56 Å². The third-order valence-corrected chi connectivity index (χ3v) is 10.0. The van der Waals surface area contributed by atoms with E-state index in [4.69, 9.17) is 13.8 Å². The van der Waals surface area contributed by atoms with Crippen molar-refractivity contribution >= 4 is 28.9 Å². The number of nitrogens with zero attached hydrogens (tertiary/aromatic N) is 1. The number of carbonyl (C=O) groups excluding carboxylic acids is 1. The molecule has 194 valence electrons. The van der Waals surface area contributed by atoms with Gasteiger partial charge in [0.15, 0.2) is 0 Å². The molecule has 0 radical (unpaired) electrons. The molecule has 1 heterocycles. The van der Waals surface area contributed by atoms with Gasteiger partial charge < -0.3 is 13.8 Å². The van der Waals surface area contributed by atoms with Crippen LogP contribution in [-0.2, 0) is 28.4 Å². The SMILES string of the molecule is COP(=O)(OC)/C(=C1\CN(S(=O)(=O)c2ccc(C)cc2)CC1OC(=O)c1ccccc1)c1ccccc1. The highest BCUT2D eigenvalue weighted by Gasteiger charge is 2.44. The number of sulfonamides is 1. The first-order valence-electron chi connectivity index (χ1n) is 11.5. The van der Waals surface area contributed by atoms with Crippen molar-refractivity contribution in [3.63, 3.8) is 0 Å². The van der Waals surface area contributed by atoms with Gasteiger partial charge in [0.1, 0.15) is 6.10 Å². The van der Waals surface area contributed by atoms with Crippen LogP contribution < -0.4 is 0 Å². The summed E-state index contributed by atoms with van der Waals surface area (Å²) in [4.78, 5) is 13.1. The van der Waals surface area contributed by atoms with Crippen LogP contribution in [0, 0.1) is 6.92 Å². The molecule has 0 amide bonds. The van der Waals surface area contributed by atoms with Crippen molar-refractivity contribution in [1.82, 2.24) is 4.31 Å². The van der Waals surface area contributed by atoms with Gasteiger partial charge in [0, 0.05) is 26.3 Å². The van der Waals surface area contributed by atoms with Crippen molar-refractivity contribution in [2.75, 3.05) is 27.3 Å². The lowest BCUT2D eigenvalue weighted by atomic mass is 10.1. The number of ether oxygens (including phenoxy) is 1. The monoisotopic (exact) mass is 541 g/mol. The van der Waals surface area contributed by atoms with Gasteiger partial charge in [0.05, 0.1) is 22.3 Å². The Bertz CT molecular complexity index is 1430. The Morgan fingerprint density at radius 3 is 1.95 bits per heavy atom. The molecule has 3 aromatic rings. The van der Waals surface area contributed by atoms with Crippen molar-refractivity contribution < 1.29 is 31.6 Å². The quantitative estimate of drug-likeness (QED) is 0.288. The molecule has 1 saturated heterocycles. The maximum atomic E-state index is 13.8. The van der Waals surface area contributed by atoms with E-state index in [1.165, 1.54) is 30.7 Å². The average Bonchev–Trinajstić information content (AvgIpc) is 3.33. The summed E-state index contributed by atoms with van der Waals surface area (Å²) < 4.78 is 58.7. The summed E-state index contributed by atoms with van der Waals surface area (Å²) in [6.45, 7) is 1.54. The summed E-state index contributed by atoms with van der Waals surface area (Å²) in [6.07, 6.45) is -1.03. The van der Waals surface area contributed by atoms with Crippen LogP contribution in [0.3, 0.4) is 0 Å². The number of rotatable bonds is 8. The largest absolute Gasteiger partial charge is 0.453 e. The van der Waals surface area contributed by atoms with Gasteiger partial charge in [-0.15, -0.1) is 0 Å². The minimum absolute atomic E-state index is 0.107. The summed E-state index contributed by atoms with van der Waals surface area (Å²) in [5, 5.41) is 0.172. The Kier molecular flexibility index (Phi) is 8.11. The molecule has 1 fully saturated rings. The predicted octanol–water partition coefficient (Wildman–Crippen LogP) is 5.12. The number of carbonyl (C=O) groups is 1. The van der Waals surface area contributed by atoms with Crippen LogP contribution in [0.15, 0.2) is 95.4 Å². The van der Waals surface area contributed by atoms with Crippen LogP contribution in [-0.4, -0.2) is 52.1 Å². The molecule has 1 atom stereocenters. The highest BCUT2D eigenvalue weighted by molar-refractivity contribution is 7.89. The van der Waals surface area contributed by atoms with Gasteiger partial charge in [-0.2, -0.15) is 4.31 Å². The van der Waals surface area contributed by atoms with Crippen molar-refractivity contribution in [3.05, 3.63) is 107 Å². The van der Waals surface area contributed by atoms with Gasteiger partial charge in [-0.05, 0) is 36.8 Å². The lowest BCUT2D eigenvalue weighted by Crippen LogP contribution is -2.31. The predicted molar refractivity (Wildman–Crippen MR) is 141 cm³/mol. The zero-order valence-corrected chi connectivity index (χ0v) is 22.4. The van der Waals surface area contributed by atoms with E-state index in [1.54, 1.807) is 72.8 Å². The second kappa shape index (κ2) is 11.1. The Hall–Kier alpha value is -3.07. The molecule has 3 aromatic carbocycles. The molecule has 1 aliphatic rings. The second-order valence-corrected chi connectivity index (χ2v) is 12.6. The number of aryl methyl sites for hydroxylation is 1. The fourth-order valence-electron chi connectivity index (χ4n) is 4.17. The average molecular weight is 542 g/mol. The lowest BCUT2D eigenvalue weighted by molar-refractivity contribution is 0.0393. The van der Waals surface area contributed by atoms with Gasteiger partial charge in [-0.25, -0.2) is 13.2 Å². The van der Waals surface area contributed by atoms with E-state index in [2.05, 4.69) is 0 Å². The number of benzene rings is 3. The van der Waals surface area contributed by atoms with Crippen LogP contribution in [0.1, 0.15) is 21.5 Å². The van der Waals surface area contributed by atoms with Crippen LogP contribution in [0.25, 0.3) is 5.31 Å². The number of hydrogen-bond donors (Lipinski definition) is 0. The molecule has 0 aromatic heterocycles. The van der Waals surface area contributed by atoms with E-state index >= 15 is 0 Å². The van der Waals surface area contributed by atoms with Crippen molar-refractivity contribution in [3.8, 4) is 0 Å². The minimum Gasteiger partial charge on any atom is -0.453 e. The standard InChI is InChI=1S/C27H28NO7PS/c1-20-14-16-23(17-15-20)37(31,32)28-18-24(25(19-28)35-27(29)22-12-8-5-9-13-22)26(36(30,33-2)34-3)21-10-6-4-7-11-21/h4-17,25H,18-19H2,1-3H3/b26-24+. The maximum absolute atomic E-state index is 13.8. The molecule has 1 unspecified atom stereocenters. The fraction of sp³-hybridized carbons (Fsp3) is 0.222. The lowest BCUT2D eigenvalue weighted by Gasteiger charge is -2.22. The zero-order valence-electron chi connectivity index (χ0n) is 20.7. The smallest absolute Gasteiger partial charge is 0.361 e. The normalized spacial score (nSPS) is 18.0. The summed E-state index contributed by atoms with van der Waals surface area (Å²) in [6, 6.07) is 23.6. The van der Waals surface area contributed by atoms with Gasteiger partial charge in [0.25, 0.3) is 0 Å².